The maximum Gasteiger partial charge on any atom is 0.306 e. The zero-order valence-electron chi connectivity index (χ0n) is 12.9. The number of hydrogen-bond acceptors (Lipinski definition) is 4. The first-order valence-corrected chi connectivity index (χ1v) is 7.00. The number of esters is 1. The Morgan fingerprint density at radius 1 is 0.900 bits per heavy atom. The molecule has 0 bridgehead atoms. The molecule has 0 fully saturated rings. The number of hydrogen-bond donors (Lipinski definition) is 2. The molecule has 0 atom stereocenters. The molecular formula is C14H26N2O4. The third-order valence-corrected chi connectivity index (χ3v) is 2.22. The van der Waals surface area contributed by atoms with Crippen molar-refractivity contribution in [1.29, 1.82) is 0 Å². The van der Waals surface area contributed by atoms with Gasteiger partial charge in [0.05, 0.1) is 6.42 Å². The van der Waals surface area contributed by atoms with Crippen molar-refractivity contribution in [1.82, 2.24) is 10.6 Å². The minimum atomic E-state index is -0.537. The van der Waals surface area contributed by atoms with Crippen LogP contribution in [-0.4, -0.2) is 36.5 Å². The van der Waals surface area contributed by atoms with Gasteiger partial charge in [-0.1, -0.05) is 6.92 Å². The molecule has 0 saturated carbocycles. The van der Waals surface area contributed by atoms with Gasteiger partial charge in [-0.15, -0.1) is 0 Å². The molecule has 20 heavy (non-hydrogen) atoms. The van der Waals surface area contributed by atoms with Crippen molar-refractivity contribution in [2.75, 3.05) is 13.1 Å². The van der Waals surface area contributed by atoms with Crippen molar-refractivity contribution in [3.8, 4) is 0 Å². The molecule has 6 heteroatoms. The van der Waals surface area contributed by atoms with E-state index in [1.165, 1.54) is 0 Å². The first kappa shape index (κ1) is 18.4. The van der Waals surface area contributed by atoms with Crippen molar-refractivity contribution < 1.29 is 19.1 Å². The van der Waals surface area contributed by atoms with Gasteiger partial charge in [0, 0.05) is 25.9 Å². The van der Waals surface area contributed by atoms with E-state index in [0.29, 0.717) is 6.54 Å². The molecule has 0 aromatic rings. The highest BCUT2D eigenvalue weighted by Gasteiger charge is 2.16. The van der Waals surface area contributed by atoms with Crippen LogP contribution in [0.3, 0.4) is 0 Å². The van der Waals surface area contributed by atoms with Crippen LogP contribution < -0.4 is 10.6 Å². The van der Waals surface area contributed by atoms with Crippen LogP contribution in [0.2, 0.25) is 0 Å². The number of rotatable bonds is 8. The van der Waals surface area contributed by atoms with E-state index < -0.39 is 11.6 Å². The Balaban J connectivity index is 3.69. The summed E-state index contributed by atoms with van der Waals surface area (Å²) in [6, 6.07) is 0. The van der Waals surface area contributed by atoms with Gasteiger partial charge in [0.1, 0.15) is 5.60 Å². The van der Waals surface area contributed by atoms with Gasteiger partial charge in [0.25, 0.3) is 0 Å². The van der Waals surface area contributed by atoms with Crippen LogP contribution in [0.4, 0.5) is 0 Å². The number of ether oxygens (including phenoxy) is 1. The third kappa shape index (κ3) is 11.5. The van der Waals surface area contributed by atoms with Crippen molar-refractivity contribution in [3.63, 3.8) is 0 Å². The second kappa shape index (κ2) is 9.34. The minimum Gasteiger partial charge on any atom is -0.460 e. The first-order valence-electron chi connectivity index (χ1n) is 7.00. The Kier molecular flexibility index (Phi) is 8.59. The smallest absolute Gasteiger partial charge is 0.306 e. The number of nitrogens with one attached hydrogen (secondary N) is 2. The Bertz CT molecular complexity index is 335. The van der Waals surface area contributed by atoms with E-state index in [2.05, 4.69) is 10.6 Å². The summed E-state index contributed by atoms with van der Waals surface area (Å²) in [7, 11) is 0. The van der Waals surface area contributed by atoms with Crippen LogP contribution in [0.5, 0.6) is 0 Å². The lowest BCUT2D eigenvalue weighted by Gasteiger charge is -2.19. The molecule has 2 amide bonds. The zero-order chi connectivity index (χ0) is 15.6. The van der Waals surface area contributed by atoms with Gasteiger partial charge in [-0.05, 0) is 27.2 Å². The van der Waals surface area contributed by atoms with E-state index >= 15 is 0 Å². The molecule has 0 heterocycles. The quantitative estimate of drug-likeness (QED) is 0.655. The van der Waals surface area contributed by atoms with Gasteiger partial charge < -0.3 is 15.4 Å². The number of carbonyl (C=O) groups excluding carboxylic acids is 3. The molecule has 0 aromatic carbocycles. The van der Waals surface area contributed by atoms with Gasteiger partial charge in [-0.25, -0.2) is 0 Å². The van der Waals surface area contributed by atoms with Gasteiger partial charge >= 0.3 is 5.97 Å². The van der Waals surface area contributed by atoms with Crippen molar-refractivity contribution in [2.24, 2.45) is 0 Å². The van der Waals surface area contributed by atoms with E-state index in [1.54, 1.807) is 20.8 Å². The molecule has 2 N–H and O–H groups in total. The summed E-state index contributed by atoms with van der Waals surface area (Å²) in [6.45, 7) is 8.23. The molecule has 0 aromatic heterocycles. The van der Waals surface area contributed by atoms with Gasteiger partial charge in [0.15, 0.2) is 0 Å². The predicted octanol–water partition coefficient (Wildman–Crippen LogP) is 1.14. The third-order valence-electron chi connectivity index (χ3n) is 2.22. The average Bonchev–Trinajstić information content (AvgIpc) is 2.31. The summed E-state index contributed by atoms with van der Waals surface area (Å²) in [4.78, 5) is 34.1. The summed E-state index contributed by atoms with van der Waals surface area (Å²) >= 11 is 0. The summed E-state index contributed by atoms with van der Waals surface area (Å²) in [5.41, 5.74) is -0.537. The molecule has 0 rings (SSSR count). The highest BCUT2D eigenvalue weighted by atomic mass is 16.6. The van der Waals surface area contributed by atoms with Gasteiger partial charge in [0.2, 0.25) is 11.8 Å². The second-order valence-corrected chi connectivity index (χ2v) is 5.54. The first-order chi connectivity index (χ1) is 9.24. The van der Waals surface area contributed by atoms with Crippen LogP contribution in [0, 0.1) is 0 Å². The van der Waals surface area contributed by atoms with Crippen molar-refractivity contribution in [2.45, 2.75) is 59.0 Å². The van der Waals surface area contributed by atoms with E-state index in [4.69, 9.17) is 4.74 Å². The standard InChI is InChI=1S/C14H26N2O4/c1-5-9-15-12(18)8-10-16-11(17)6-7-13(19)20-14(2,3)4/h5-10H2,1-4H3,(H,15,18)(H,16,17). The summed E-state index contributed by atoms with van der Waals surface area (Å²) in [6.07, 6.45) is 1.25. The van der Waals surface area contributed by atoms with Crippen LogP contribution in [0.25, 0.3) is 0 Å². The van der Waals surface area contributed by atoms with Crippen molar-refractivity contribution in [3.05, 3.63) is 0 Å². The number of amides is 2. The Hall–Kier alpha value is -1.59. The maximum atomic E-state index is 11.5. The fraction of sp³-hybridized carbons (Fsp3) is 0.786. The SMILES string of the molecule is CCCNC(=O)CCNC(=O)CCC(=O)OC(C)(C)C. The fourth-order valence-electron chi connectivity index (χ4n) is 1.36. The largest absolute Gasteiger partial charge is 0.460 e. The highest BCUT2D eigenvalue weighted by Crippen LogP contribution is 2.08. The van der Waals surface area contributed by atoms with Crippen LogP contribution >= 0.6 is 0 Å². The molecule has 116 valence electrons. The van der Waals surface area contributed by atoms with Gasteiger partial charge in [-0.2, -0.15) is 0 Å². The molecule has 0 aliphatic carbocycles. The zero-order valence-corrected chi connectivity index (χ0v) is 12.9. The summed E-state index contributed by atoms with van der Waals surface area (Å²) in [5, 5.41) is 5.32. The lowest BCUT2D eigenvalue weighted by Crippen LogP contribution is -2.31. The normalized spacial score (nSPS) is 10.8. The number of carbonyl (C=O) groups is 3. The van der Waals surface area contributed by atoms with E-state index in [-0.39, 0.29) is 37.6 Å². The Labute approximate surface area is 120 Å². The monoisotopic (exact) mass is 286 g/mol. The summed E-state index contributed by atoms with van der Waals surface area (Å²) in [5.74, 6) is -0.730. The Morgan fingerprint density at radius 2 is 1.45 bits per heavy atom. The molecule has 6 nitrogen and oxygen atoms in total. The van der Waals surface area contributed by atoms with E-state index in [1.807, 2.05) is 6.92 Å². The molecule has 0 saturated heterocycles. The molecule has 0 spiro atoms. The van der Waals surface area contributed by atoms with Crippen LogP contribution in [0.15, 0.2) is 0 Å². The molecular weight excluding hydrogens is 260 g/mol. The molecule has 0 unspecified atom stereocenters. The maximum absolute atomic E-state index is 11.5. The van der Waals surface area contributed by atoms with Gasteiger partial charge in [-0.3, -0.25) is 14.4 Å². The van der Waals surface area contributed by atoms with E-state index in [0.717, 1.165) is 6.42 Å². The minimum absolute atomic E-state index is 0.0468. The fourth-order valence-corrected chi connectivity index (χ4v) is 1.36. The lowest BCUT2D eigenvalue weighted by atomic mass is 10.2. The highest BCUT2D eigenvalue weighted by molar-refractivity contribution is 5.82. The topological polar surface area (TPSA) is 84.5 Å². The van der Waals surface area contributed by atoms with Crippen molar-refractivity contribution >= 4 is 17.8 Å². The lowest BCUT2D eigenvalue weighted by molar-refractivity contribution is -0.155. The van der Waals surface area contributed by atoms with E-state index in [9.17, 15) is 14.4 Å². The molecule has 0 aliphatic rings. The average molecular weight is 286 g/mol. The van der Waals surface area contributed by atoms with Crippen LogP contribution in [-0.2, 0) is 19.1 Å². The summed E-state index contributed by atoms with van der Waals surface area (Å²) < 4.78 is 5.09. The predicted molar refractivity (Wildman–Crippen MR) is 76.0 cm³/mol. The molecule has 0 aliphatic heterocycles. The van der Waals surface area contributed by atoms with Crippen LogP contribution in [0.1, 0.15) is 53.4 Å². The second-order valence-electron chi connectivity index (χ2n) is 5.54. The Morgan fingerprint density at radius 3 is 2.00 bits per heavy atom. The molecule has 0 radical (unpaired) electrons.